The van der Waals surface area contributed by atoms with E-state index in [0.717, 1.165) is 30.7 Å². The summed E-state index contributed by atoms with van der Waals surface area (Å²) in [6, 6.07) is 9.31. The van der Waals surface area contributed by atoms with Gasteiger partial charge in [-0.3, -0.25) is 0 Å². The minimum absolute atomic E-state index is 0.156. The molecule has 0 amide bonds. The molecule has 1 unspecified atom stereocenters. The van der Waals surface area contributed by atoms with Crippen molar-refractivity contribution in [2.75, 3.05) is 6.54 Å². The van der Waals surface area contributed by atoms with Crippen LogP contribution in [-0.4, -0.2) is 6.54 Å². The Labute approximate surface area is 113 Å². The third kappa shape index (κ3) is 3.67. The molecule has 0 saturated heterocycles. The molecule has 3 heteroatoms. The molecule has 0 radical (unpaired) electrons. The van der Waals surface area contributed by atoms with E-state index in [2.05, 4.69) is 12.2 Å². The molecule has 0 fully saturated rings. The van der Waals surface area contributed by atoms with Gasteiger partial charge in [-0.25, -0.2) is 4.39 Å². The second-order valence-electron chi connectivity index (χ2n) is 4.80. The fraction of sp³-hybridized carbons (Fsp3) is 0.375. The van der Waals surface area contributed by atoms with Gasteiger partial charge < -0.3 is 9.73 Å². The molecule has 19 heavy (non-hydrogen) atoms. The van der Waals surface area contributed by atoms with Gasteiger partial charge in [0, 0.05) is 12.5 Å². The molecule has 2 aromatic rings. The summed E-state index contributed by atoms with van der Waals surface area (Å²) in [4.78, 5) is 0. The molecule has 0 saturated carbocycles. The second kappa shape index (κ2) is 6.53. The summed E-state index contributed by atoms with van der Waals surface area (Å²) >= 11 is 0. The van der Waals surface area contributed by atoms with Crippen molar-refractivity contribution >= 4 is 0 Å². The largest absolute Gasteiger partial charge is 0.469 e. The fourth-order valence-electron chi connectivity index (χ4n) is 2.14. The second-order valence-corrected chi connectivity index (χ2v) is 4.80. The van der Waals surface area contributed by atoms with Crippen LogP contribution in [-0.2, 0) is 6.42 Å². The Kier molecular flexibility index (Phi) is 4.74. The molecule has 2 nitrogen and oxygen atoms in total. The van der Waals surface area contributed by atoms with E-state index < -0.39 is 0 Å². The van der Waals surface area contributed by atoms with Gasteiger partial charge in [-0.1, -0.05) is 19.1 Å². The summed E-state index contributed by atoms with van der Waals surface area (Å²) in [6.07, 6.45) is 3.52. The van der Waals surface area contributed by atoms with E-state index >= 15 is 0 Å². The first-order valence-electron chi connectivity index (χ1n) is 6.72. The maximum Gasteiger partial charge on any atom is 0.126 e. The van der Waals surface area contributed by atoms with Gasteiger partial charge in [-0.05, 0) is 49.2 Å². The lowest BCUT2D eigenvalue weighted by Gasteiger charge is -2.18. The van der Waals surface area contributed by atoms with Crippen molar-refractivity contribution in [3.05, 3.63) is 59.3 Å². The van der Waals surface area contributed by atoms with Crippen molar-refractivity contribution < 1.29 is 8.81 Å². The van der Waals surface area contributed by atoms with Gasteiger partial charge in [0.1, 0.15) is 11.6 Å². The van der Waals surface area contributed by atoms with E-state index in [-0.39, 0.29) is 11.9 Å². The maximum atomic E-state index is 13.4. The Morgan fingerprint density at radius 1 is 1.32 bits per heavy atom. The van der Waals surface area contributed by atoms with Crippen molar-refractivity contribution in [3.63, 3.8) is 0 Å². The lowest BCUT2D eigenvalue weighted by molar-refractivity contribution is 0.448. The highest BCUT2D eigenvalue weighted by atomic mass is 19.1. The molecular formula is C16H20FNO. The van der Waals surface area contributed by atoms with Crippen LogP contribution in [0.1, 0.15) is 36.3 Å². The lowest BCUT2D eigenvalue weighted by atomic mass is 10.00. The molecule has 0 aliphatic carbocycles. The molecule has 1 atom stereocenters. The first-order valence-corrected chi connectivity index (χ1v) is 6.72. The van der Waals surface area contributed by atoms with E-state index in [9.17, 15) is 4.39 Å². The van der Waals surface area contributed by atoms with Crippen molar-refractivity contribution in [2.45, 2.75) is 32.7 Å². The zero-order valence-electron chi connectivity index (χ0n) is 11.4. The van der Waals surface area contributed by atoms with Gasteiger partial charge in [-0.15, -0.1) is 0 Å². The Morgan fingerprint density at radius 2 is 2.16 bits per heavy atom. The summed E-state index contributed by atoms with van der Waals surface area (Å²) in [5.41, 5.74) is 1.78. The monoisotopic (exact) mass is 261 g/mol. The number of nitrogens with one attached hydrogen (secondary N) is 1. The SMILES string of the molecule is CCCNC(Cc1ccco1)c1ccc(F)c(C)c1. The van der Waals surface area contributed by atoms with Crippen molar-refractivity contribution in [1.29, 1.82) is 0 Å². The van der Waals surface area contributed by atoms with Gasteiger partial charge in [0.25, 0.3) is 0 Å². The van der Waals surface area contributed by atoms with E-state index in [4.69, 9.17) is 4.42 Å². The average Bonchev–Trinajstić information content (AvgIpc) is 2.91. The van der Waals surface area contributed by atoms with Crippen LogP contribution in [0.2, 0.25) is 0 Å². The number of halogens is 1. The fourth-order valence-corrected chi connectivity index (χ4v) is 2.14. The molecule has 2 rings (SSSR count). The van der Waals surface area contributed by atoms with Crippen LogP contribution in [0.15, 0.2) is 41.0 Å². The Hall–Kier alpha value is -1.61. The first-order chi connectivity index (χ1) is 9.20. The molecule has 0 aliphatic rings. The Morgan fingerprint density at radius 3 is 2.79 bits per heavy atom. The van der Waals surface area contributed by atoms with E-state index in [1.54, 1.807) is 13.2 Å². The predicted octanol–water partition coefficient (Wildman–Crippen LogP) is 4.01. The highest BCUT2D eigenvalue weighted by Crippen LogP contribution is 2.21. The van der Waals surface area contributed by atoms with Crippen LogP contribution in [0.25, 0.3) is 0 Å². The highest BCUT2D eigenvalue weighted by molar-refractivity contribution is 5.27. The van der Waals surface area contributed by atoms with Gasteiger partial charge >= 0.3 is 0 Å². The summed E-state index contributed by atoms with van der Waals surface area (Å²) in [6.45, 7) is 4.86. The van der Waals surface area contributed by atoms with Crippen LogP contribution in [0, 0.1) is 12.7 Å². The normalized spacial score (nSPS) is 12.6. The van der Waals surface area contributed by atoms with Crippen LogP contribution >= 0.6 is 0 Å². The van der Waals surface area contributed by atoms with E-state index in [1.165, 1.54) is 6.07 Å². The predicted molar refractivity (Wildman–Crippen MR) is 74.6 cm³/mol. The maximum absolute atomic E-state index is 13.4. The van der Waals surface area contributed by atoms with Crippen LogP contribution in [0.5, 0.6) is 0 Å². The number of furan rings is 1. The standard InChI is InChI=1S/C16H20FNO/c1-3-8-18-16(11-14-5-4-9-19-14)13-6-7-15(17)12(2)10-13/h4-7,9-10,16,18H,3,8,11H2,1-2H3. The minimum Gasteiger partial charge on any atom is -0.469 e. The zero-order chi connectivity index (χ0) is 13.7. The molecule has 1 aromatic carbocycles. The first kappa shape index (κ1) is 13.8. The Bertz CT molecular complexity index is 507. The summed E-state index contributed by atoms with van der Waals surface area (Å²) in [5.74, 6) is 0.784. The molecular weight excluding hydrogens is 241 g/mol. The molecule has 102 valence electrons. The topological polar surface area (TPSA) is 25.2 Å². The van der Waals surface area contributed by atoms with E-state index in [0.29, 0.717) is 5.56 Å². The van der Waals surface area contributed by atoms with Crippen LogP contribution < -0.4 is 5.32 Å². The minimum atomic E-state index is -0.156. The molecule has 1 N–H and O–H groups in total. The molecule has 0 bridgehead atoms. The number of rotatable bonds is 6. The summed E-state index contributed by atoms with van der Waals surface area (Å²) in [5, 5.41) is 3.49. The molecule has 0 spiro atoms. The third-order valence-corrected chi connectivity index (χ3v) is 3.21. The van der Waals surface area contributed by atoms with Crippen molar-refractivity contribution in [1.82, 2.24) is 5.32 Å². The summed E-state index contributed by atoms with van der Waals surface area (Å²) in [7, 11) is 0. The Balaban J connectivity index is 2.18. The van der Waals surface area contributed by atoms with Gasteiger partial charge in [0.2, 0.25) is 0 Å². The summed E-state index contributed by atoms with van der Waals surface area (Å²) < 4.78 is 18.8. The number of aryl methyl sites for hydroxylation is 1. The van der Waals surface area contributed by atoms with Crippen molar-refractivity contribution in [3.8, 4) is 0 Å². The quantitative estimate of drug-likeness (QED) is 0.850. The lowest BCUT2D eigenvalue weighted by Crippen LogP contribution is -2.24. The van der Waals surface area contributed by atoms with Gasteiger partial charge in [-0.2, -0.15) is 0 Å². The number of benzene rings is 1. The molecule has 1 aromatic heterocycles. The van der Waals surface area contributed by atoms with Gasteiger partial charge in [0.15, 0.2) is 0 Å². The highest BCUT2D eigenvalue weighted by Gasteiger charge is 2.14. The van der Waals surface area contributed by atoms with Crippen LogP contribution in [0.3, 0.4) is 0 Å². The average molecular weight is 261 g/mol. The number of hydrogen-bond acceptors (Lipinski definition) is 2. The van der Waals surface area contributed by atoms with Gasteiger partial charge in [0.05, 0.1) is 6.26 Å². The van der Waals surface area contributed by atoms with Crippen molar-refractivity contribution in [2.24, 2.45) is 0 Å². The van der Waals surface area contributed by atoms with E-state index in [1.807, 2.05) is 24.3 Å². The van der Waals surface area contributed by atoms with Crippen LogP contribution in [0.4, 0.5) is 4.39 Å². The molecule has 1 heterocycles. The smallest absolute Gasteiger partial charge is 0.126 e. The molecule has 0 aliphatic heterocycles. The third-order valence-electron chi connectivity index (χ3n) is 3.21. The zero-order valence-corrected chi connectivity index (χ0v) is 11.4. The number of hydrogen-bond donors (Lipinski definition) is 1.